The number of hydrogen-bond donors (Lipinski definition) is 2. The van der Waals surface area contributed by atoms with Gasteiger partial charge in [0.1, 0.15) is 18.0 Å². The second kappa shape index (κ2) is 9.01. The van der Waals surface area contributed by atoms with Crippen LogP contribution in [-0.2, 0) is 4.79 Å². The zero-order chi connectivity index (χ0) is 20.8. The average molecular weight is 416 g/mol. The van der Waals surface area contributed by atoms with Gasteiger partial charge in [0.2, 0.25) is 5.91 Å². The van der Waals surface area contributed by atoms with Crippen molar-refractivity contribution in [1.29, 1.82) is 0 Å². The Morgan fingerprint density at radius 2 is 1.52 bits per heavy atom. The topological polar surface area (TPSA) is 143 Å². The van der Waals surface area contributed by atoms with Crippen molar-refractivity contribution >= 4 is 45.6 Å². The minimum atomic E-state index is -0.505. The molecular formula is C17H16N6O5S. The van der Waals surface area contributed by atoms with E-state index >= 15 is 0 Å². The fourth-order valence-corrected chi connectivity index (χ4v) is 3.48. The van der Waals surface area contributed by atoms with Gasteiger partial charge in [-0.25, -0.2) is 4.99 Å². The number of nitrogens with one attached hydrogen (secondary N) is 2. The van der Waals surface area contributed by atoms with E-state index in [9.17, 15) is 25.0 Å². The number of para-hydroxylation sites is 4. The zero-order valence-electron chi connectivity index (χ0n) is 15.0. The molecule has 2 N–H and O–H groups in total. The number of hydrogen-bond acceptors (Lipinski definition) is 9. The molecule has 1 fully saturated rings. The summed E-state index contributed by atoms with van der Waals surface area (Å²) in [6.07, 6.45) is 0. The number of aliphatic imine (C=N–C) groups is 1. The van der Waals surface area contributed by atoms with Crippen LogP contribution in [-0.4, -0.2) is 44.9 Å². The third-order valence-corrected chi connectivity index (χ3v) is 4.97. The third kappa shape index (κ3) is 4.79. The van der Waals surface area contributed by atoms with Gasteiger partial charge in [0.05, 0.1) is 22.3 Å². The van der Waals surface area contributed by atoms with Gasteiger partial charge < -0.3 is 10.6 Å². The van der Waals surface area contributed by atoms with Gasteiger partial charge >= 0.3 is 0 Å². The van der Waals surface area contributed by atoms with Crippen LogP contribution in [0.1, 0.15) is 0 Å². The molecule has 0 saturated carbocycles. The third-order valence-electron chi connectivity index (χ3n) is 3.97. The van der Waals surface area contributed by atoms with Crippen LogP contribution in [0, 0.1) is 20.2 Å². The van der Waals surface area contributed by atoms with Crippen LogP contribution in [0.3, 0.4) is 0 Å². The van der Waals surface area contributed by atoms with Gasteiger partial charge in [-0.15, -0.1) is 0 Å². The number of nitro benzene ring substituents is 2. The quantitative estimate of drug-likeness (QED) is 0.494. The van der Waals surface area contributed by atoms with Crippen molar-refractivity contribution in [3.05, 3.63) is 68.8 Å². The Bertz CT molecular complexity index is 982. The van der Waals surface area contributed by atoms with E-state index in [0.29, 0.717) is 16.5 Å². The maximum atomic E-state index is 12.1. The second-order valence-electron chi connectivity index (χ2n) is 5.77. The number of thioether (sulfide) groups is 1. The summed E-state index contributed by atoms with van der Waals surface area (Å²) in [4.78, 5) is 39.0. The van der Waals surface area contributed by atoms with Crippen LogP contribution < -0.4 is 10.6 Å². The molecule has 29 heavy (non-hydrogen) atoms. The highest BCUT2D eigenvalue weighted by Gasteiger charge is 2.28. The first kappa shape index (κ1) is 20.1. The molecule has 0 aromatic heterocycles. The maximum Gasteiger partial charge on any atom is 0.292 e. The van der Waals surface area contributed by atoms with Gasteiger partial charge in [-0.2, -0.15) is 0 Å². The highest BCUT2D eigenvalue weighted by atomic mass is 32.2. The standard InChI is InChI=1S/C17H16N6O5S/c24-16-9-29-17(19-10-18-12-5-1-3-7-14(12)22(25)26)21(16)11-20-13-6-2-4-8-15(13)23(27)28/h1-8,18,20H,9-11H2/b19-17+. The number of nitro groups is 2. The Morgan fingerprint density at radius 3 is 2.10 bits per heavy atom. The van der Waals surface area contributed by atoms with E-state index in [1.165, 1.54) is 28.8 Å². The molecule has 3 rings (SSSR count). The van der Waals surface area contributed by atoms with Crippen LogP contribution in [0.25, 0.3) is 0 Å². The van der Waals surface area contributed by atoms with Crippen molar-refractivity contribution in [2.45, 2.75) is 0 Å². The Hall–Kier alpha value is -3.67. The molecule has 150 valence electrons. The van der Waals surface area contributed by atoms with Crippen molar-refractivity contribution in [3.8, 4) is 0 Å². The molecule has 0 radical (unpaired) electrons. The summed E-state index contributed by atoms with van der Waals surface area (Å²) >= 11 is 1.23. The number of rotatable bonds is 8. The van der Waals surface area contributed by atoms with Crippen molar-refractivity contribution in [1.82, 2.24) is 4.90 Å². The molecule has 2 aromatic carbocycles. The lowest BCUT2D eigenvalue weighted by Gasteiger charge is -2.17. The van der Waals surface area contributed by atoms with Crippen LogP contribution in [0.2, 0.25) is 0 Å². The van der Waals surface area contributed by atoms with Gasteiger partial charge in [-0.3, -0.25) is 29.9 Å². The first-order valence-corrected chi connectivity index (χ1v) is 9.38. The molecule has 1 aliphatic heterocycles. The van der Waals surface area contributed by atoms with E-state index in [2.05, 4.69) is 15.6 Å². The number of carbonyl (C=O) groups excluding carboxylic acids is 1. The molecule has 0 spiro atoms. The zero-order valence-corrected chi connectivity index (χ0v) is 15.8. The summed E-state index contributed by atoms with van der Waals surface area (Å²) < 4.78 is 0. The van der Waals surface area contributed by atoms with E-state index in [-0.39, 0.29) is 36.4 Å². The predicted octanol–water partition coefficient (Wildman–Crippen LogP) is 2.87. The fourth-order valence-electron chi connectivity index (χ4n) is 2.60. The number of anilines is 2. The largest absolute Gasteiger partial charge is 0.362 e. The monoisotopic (exact) mass is 416 g/mol. The van der Waals surface area contributed by atoms with Crippen LogP contribution >= 0.6 is 11.8 Å². The Kier molecular flexibility index (Phi) is 6.24. The van der Waals surface area contributed by atoms with E-state index in [1.807, 2.05) is 0 Å². The molecule has 0 atom stereocenters. The molecule has 0 unspecified atom stereocenters. The predicted molar refractivity (Wildman–Crippen MR) is 110 cm³/mol. The minimum Gasteiger partial charge on any atom is -0.362 e. The number of nitrogens with zero attached hydrogens (tertiary/aromatic N) is 4. The normalized spacial score (nSPS) is 14.8. The van der Waals surface area contributed by atoms with Crippen molar-refractivity contribution in [2.75, 3.05) is 29.7 Å². The summed E-state index contributed by atoms with van der Waals surface area (Å²) in [5, 5.41) is 28.3. The Morgan fingerprint density at radius 1 is 0.966 bits per heavy atom. The highest BCUT2D eigenvalue weighted by molar-refractivity contribution is 8.15. The molecule has 12 heteroatoms. The molecule has 0 bridgehead atoms. The summed E-state index contributed by atoms with van der Waals surface area (Å²) in [5.41, 5.74) is 0.446. The summed E-state index contributed by atoms with van der Waals surface area (Å²) in [6.45, 7) is 0.0451. The first-order valence-electron chi connectivity index (χ1n) is 8.39. The lowest BCUT2D eigenvalue weighted by Crippen LogP contribution is -2.34. The van der Waals surface area contributed by atoms with E-state index < -0.39 is 9.85 Å². The fraction of sp³-hybridized carbons (Fsp3) is 0.176. The van der Waals surface area contributed by atoms with Crippen molar-refractivity contribution in [2.24, 2.45) is 4.99 Å². The van der Waals surface area contributed by atoms with Gasteiger partial charge in [0.15, 0.2) is 5.17 Å². The Balaban J connectivity index is 1.66. The van der Waals surface area contributed by atoms with E-state index in [0.717, 1.165) is 0 Å². The van der Waals surface area contributed by atoms with Gasteiger partial charge in [-0.05, 0) is 12.1 Å². The maximum absolute atomic E-state index is 12.1. The SMILES string of the molecule is O=C1CS/C(=N/CNc2ccccc2[N+](=O)[O-])N1CNc1ccccc1[N+](=O)[O-]. The van der Waals surface area contributed by atoms with E-state index in [4.69, 9.17) is 0 Å². The first-order chi connectivity index (χ1) is 14.0. The van der Waals surface area contributed by atoms with Crippen LogP contribution in [0.4, 0.5) is 22.7 Å². The summed E-state index contributed by atoms with van der Waals surface area (Å²) in [7, 11) is 0. The van der Waals surface area contributed by atoms with Crippen molar-refractivity contribution < 1.29 is 14.6 Å². The highest BCUT2D eigenvalue weighted by Crippen LogP contribution is 2.26. The minimum absolute atomic E-state index is 0.0149. The molecule has 1 saturated heterocycles. The molecule has 1 amide bonds. The van der Waals surface area contributed by atoms with E-state index in [1.54, 1.807) is 36.4 Å². The number of carbonyl (C=O) groups is 1. The van der Waals surface area contributed by atoms with Gasteiger partial charge in [0, 0.05) is 12.1 Å². The molecule has 11 nitrogen and oxygen atoms in total. The molecule has 2 aromatic rings. The molecule has 0 aliphatic carbocycles. The van der Waals surface area contributed by atoms with Crippen LogP contribution in [0.5, 0.6) is 0 Å². The lowest BCUT2D eigenvalue weighted by atomic mass is 10.3. The number of amidine groups is 1. The summed E-state index contributed by atoms with van der Waals surface area (Å²) in [5.74, 6) is 0.00797. The lowest BCUT2D eigenvalue weighted by molar-refractivity contribution is -0.384. The van der Waals surface area contributed by atoms with Crippen molar-refractivity contribution in [3.63, 3.8) is 0 Å². The average Bonchev–Trinajstić information content (AvgIpc) is 3.06. The van der Waals surface area contributed by atoms with Gasteiger partial charge in [0.25, 0.3) is 11.4 Å². The number of amides is 1. The second-order valence-corrected chi connectivity index (χ2v) is 6.71. The summed E-state index contributed by atoms with van der Waals surface area (Å²) in [6, 6.07) is 12.3. The molecule has 1 heterocycles. The molecular weight excluding hydrogens is 400 g/mol. The van der Waals surface area contributed by atoms with Gasteiger partial charge in [-0.1, -0.05) is 36.0 Å². The number of benzene rings is 2. The smallest absolute Gasteiger partial charge is 0.292 e. The van der Waals surface area contributed by atoms with Crippen LogP contribution in [0.15, 0.2) is 53.5 Å². The molecule has 1 aliphatic rings. The Labute approximate surface area is 169 Å².